The first kappa shape index (κ1) is 9.48. The van der Waals surface area contributed by atoms with E-state index in [0.717, 1.165) is 0 Å². The van der Waals surface area contributed by atoms with Gasteiger partial charge in [0, 0.05) is 24.5 Å². The fourth-order valence-corrected chi connectivity index (χ4v) is 2.51. The summed E-state index contributed by atoms with van der Waals surface area (Å²) in [5.41, 5.74) is 5.47. The first-order chi connectivity index (χ1) is 6.83. The third kappa shape index (κ3) is 1.60. The van der Waals surface area contributed by atoms with Gasteiger partial charge in [-0.15, -0.1) is 11.3 Å². The summed E-state index contributed by atoms with van der Waals surface area (Å²) in [4.78, 5) is 14.5. The van der Waals surface area contributed by atoms with Gasteiger partial charge < -0.3 is 16.0 Å². The highest BCUT2D eigenvalue weighted by Crippen LogP contribution is 2.27. The Morgan fingerprint density at radius 3 is 3.21 bits per heavy atom. The van der Waals surface area contributed by atoms with Gasteiger partial charge in [-0.3, -0.25) is 0 Å². The Hall–Kier alpha value is -1.07. The number of hydrogen-bond acceptors (Lipinski definition) is 3. The molecule has 1 unspecified atom stereocenters. The summed E-state index contributed by atoms with van der Waals surface area (Å²) in [5, 5.41) is 4.86. The minimum Gasteiger partial charge on any atom is -0.336 e. The first-order valence-corrected chi connectivity index (χ1v) is 5.49. The van der Waals surface area contributed by atoms with Crippen molar-refractivity contribution in [3.8, 4) is 0 Å². The van der Waals surface area contributed by atoms with E-state index in [-0.39, 0.29) is 12.1 Å². The molecule has 0 radical (unpaired) electrons. The fourth-order valence-electron chi connectivity index (χ4n) is 1.67. The molecule has 2 heterocycles. The van der Waals surface area contributed by atoms with Gasteiger partial charge in [-0.25, -0.2) is 4.79 Å². The van der Waals surface area contributed by atoms with Crippen molar-refractivity contribution in [1.82, 2.24) is 10.2 Å². The van der Waals surface area contributed by atoms with E-state index in [0.29, 0.717) is 19.6 Å². The quantitative estimate of drug-likeness (QED) is 0.776. The van der Waals surface area contributed by atoms with Crippen LogP contribution < -0.4 is 11.1 Å². The van der Waals surface area contributed by atoms with Crippen molar-refractivity contribution in [2.75, 3.05) is 19.6 Å². The number of carbonyl (C=O) groups excluding carboxylic acids is 1. The van der Waals surface area contributed by atoms with Crippen LogP contribution in [0.3, 0.4) is 0 Å². The predicted octanol–water partition coefficient (Wildman–Crippen LogP) is 0.773. The average molecular weight is 211 g/mol. The molecule has 1 aromatic rings. The number of urea groups is 1. The molecule has 1 aromatic heterocycles. The molecular weight excluding hydrogens is 198 g/mol. The highest BCUT2D eigenvalue weighted by molar-refractivity contribution is 7.10. The van der Waals surface area contributed by atoms with Crippen LogP contribution in [0, 0.1) is 0 Å². The predicted molar refractivity (Wildman–Crippen MR) is 56.2 cm³/mol. The van der Waals surface area contributed by atoms with Gasteiger partial charge >= 0.3 is 6.03 Å². The molecule has 1 saturated heterocycles. The third-order valence-corrected chi connectivity index (χ3v) is 3.30. The Morgan fingerprint density at radius 2 is 2.57 bits per heavy atom. The summed E-state index contributed by atoms with van der Waals surface area (Å²) < 4.78 is 0. The van der Waals surface area contributed by atoms with E-state index in [9.17, 15) is 4.79 Å². The molecule has 0 spiro atoms. The maximum atomic E-state index is 11.4. The SMILES string of the molecule is NCCN1C(=O)NCC1c1cccs1. The number of nitrogens with one attached hydrogen (secondary N) is 1. The van der Waals surface area contributed by atoms with Crippen molar-refractivity contribution < 1.29 is 4.79 Å². The maximum absolute atomic E-state index is 11.4. The van der Waals surface area contributed by atoms with Crippen LogP contribution in [0.15, 0.2) is 17.5 Å². The third-order valence-electron chi connectivity index (χ3n) is 2.33. The summed E-state index contributed by atoms with van der Waals surface area (Å²) in [5.74, 6) is 0. The van der Waals surface area contributed by atoms with Crippen LogP contribution >= 0.6 is 11.3 Å². The lowest BCUT2D eigenvalue weighted by Crippen LogP contribution is -2.34. The number of amides is 2. The lowest BCUT2D eigenvalue weighted by molar-refractivity contribution is 0.206. The molecule has 1 aliphatic heterocycles. The second-order valence-electron chi connectivity index (χ2n) is 3.20. The second kappa shape index (κ2) is 3.98. The van der Waals surface area contributed by atoms with Crippen LogP contribution in [0.5, 0.6) is 0 Å². The Bertz CT molecular complexity index is 312. The summed E-state index contributed by atoms with van der Waals surface area (Å²) in [6.45, 7) is 1.82. The van der Waals surface area contributed by atoms with Crippen molar-refractivity contribution in [3.63, 3.8) is 0 Å². The standard InChI is InChI=1S/C9H13N3OS/c10-3-4-12-7(6-11-9(12)13)8-2-1-5-14-8/h1-2,5,7H,3-4,6,10H2,(H,11,13). The highest BCUT2D eigenvalue weighted by Gasteiger charge is 2.31. The molecule has 14 heavy (non-hydrogen) atoms. The van der Waals surface area contributed by atoms with E-state index >= 15 is 0 Å². The van der Waals surface area contributed by atoms with Crippen LogP contribution in [0.4, 0.5) is 4.79 Å². The summed E-state index contributed by atoms with van der Waals surface area (Å²) >= 11 is 1.68. The van der Waals surface area contributed by atoms with Crippen molar-refractivity contribution in [1.29, 1.82) is 0 Å². The van der Waals surface area contributed by atoms with Crippen LogP contribution in [0.25, 0.3) is 0 Å². The Labute approximate surface area is 86.7 Å². The zero-order valence-electron chi connectivity index (χ0n) is 7.77. The lowest BCUT2D eigenvalue weighted by atomic mass is 10.2. The van der Waals surface area contributed by atoms with E-state index in [1.54, 1.807) is 16.2 Å². The van der Waals surface area contributed by atoms with Crippen molar-refractivity contribution in [2.45, 2.75) is 6.04 Å². The monoisotopic (exact) mass is 211 g/mol. The van der Waals surface area contributed by atoms with E-state index < -0.39 is 0 Å². The number of nitrogens with two attached hydrogens (primary N) is 1. The largest absolute Gasteiger partial charge is 0.336 e. The van der Waals surface area contributed by atoms with Crippen LogP contribution in [-0.4, -0.2) is 30.6 Å². The Kier molecular flexibility index (Phi) is 2.69. The van der Waals surface area contributed by atoms with Gasteiger partial charge in [-0.2, -0.15) is 0 Å². The van der Waals surface area contributed by atoms with Gasteiger partial charge in [-0.1, -0.05) is 6.07 Å². The number of rotatable bonds is 3. The number of nitrogens with zero attached hydrogens (tertiary/aromatic N) is 1. The smallest absolute Gasteiger partial charge is 0.318 e. The average Bonchev–Trinajstić information content (AvgIpc) is 2.77. The topological polar surface area (TPSA) is 58.4 Å². The molecule has 0 bridgehead atoms. The maximum Gasteiger partial charge on any atom is 0.318 e. The van der Waals surface area contributed by atoms with Gasteiger partial charge in [0.05, 0.1) is 6.04 Å². The molecule has 2 amide bonds. The first-order valence-electron chi connectivity index (χ1n) is 4.61. The molecule has 3 N–H and O–H groups in total. The summed E-state index contributed by atoms with van der Waals surface area (Å²) in [6, 6.07) is 4.22. The van der Waals surface area contributed by atoms with Gasteiger partial charge in [0.15, 0.2) is 0 Å². The second-order valence-corrected chi connectivity index (χ2v) is 4.18. The van der Waals surface area contributed by atoms with E-state index in [2.05, 4.69) is 11.4 Å². The molecule has 2 rings (SSSR count). The highest BCUT2D eigenvalue weighted by atomic mass is 32.1. The Balaban J connectivity index is 2.15. The normalized spacial score (nSPS) is 21.4. The van der Waals surface area contributed by atoms with E-state index in [1.165, 1.54) is 4.88 Å². The van der Waals surface area contributed by atoms with Crippen molar-refractivity contribution in [2.24, 2.45) is 5.73 Å². The summed E-state index contributed by atoms with van der Waals surface area (Å²) in [6.07, 6.45) is 0. The molecule has 76 valence electrons. The van der Waals surface area contributed by atoms with Gasteiger partial charge in [0.25, 0.3) is 0 Å². The molecular formula is C9H13N3OS. The zero-order chi connectivity index (χ0) is 9.97. The van der Waals surface area contributed by atoms with Gasteiger partial charge in [0.1, 0.15) is 0 Å². The molecule has 0 aliphatic carbocycles. The van der Waals surface area contributed by atoms with Crippen LogP contribution in [0.1, 0.15) is 10.9 Å². The van der Waals surface area contributed by atoms with E-state index in [4.69, 9.17) is 5.73 Å². The summed E-state index contributed by atoms with van der Waals surface area (Å²) in [7, 11) is 0. The zero-order valence-corrected chi connectivity index (χ0v) is 8.59. The van der Waals surface area contributed by atoms with Crippen LogP contribution in [-0.2, 0) is 0 Å². The number of hydrogen-bond donors (Lipinski definition) is 2. The fraction of sp³-hybridized carbons (Fsp3) is 0.444. The van der Waals surface area contributed by atoms with Gasteiger partial charge in [-0.05, 0) is 11.4 Å². The van der Waals surface area contributed by atoms with Crippen molar-refractivity contribution >= 4 is 17.4 Å². The molecule has 0 aromatic carbocycles. The van der Waals surface area contributed by atoms with E-state index in [1.807, 2.05) is 11.4 Å². The van der Waals surface area contributed by atoms with Crippen LogP contribution in [0.2, 0.25) is 0 Å². The van der Waals surface area contributed by atoms with Crippen molar-refractivity contribution in [3.05, 3.63) is 22.4 Å². The lowest BCUT2D eigenvalue weighted by Gasteiger charge is -2.20. The Morgan fingerprint density at radius 1 is 1.71 bits per heavy atom. The molecule has 5 heteroatoms. The molecule has 1 fully saturated rings. The number of carbonyl (C=O) groups is 1. The number of thiophene rings is 1. The van der Waals surface area contributed by atoms with Gasteiger partial charge in [0.2, 0.25) is 0 Å². The molecule has 1 atom stereocenters. The minimum absolute atomic E-state index is 0.00569. The minimum atomic E-state index is -0.00569. The molecule has 4 nitrogen and oxygen atoms in total. The molecule has 0 saturated carbocycles. The molecule has 1 aliphatic rings.